The Balaban J connectivity index is 2.52. The van der Waals surface area contributed by atoms with Gasteiger partial charge in [0.25, 0.3) is 0 Å². The van der Waals surface area contributed by atoms with E-state index < -0.39 is 0 Å². The Morgan fingerprint density at radius 2 is 1.94 bits per heavy atom. The van der Waals surface area contributed by atoms with Crippen molar-refractivity contribution in [1.82, 2.24) is 15.1 Å². The summed E-state index contributed by atoms with van der Waals surface area (Å²) in [4.78, 5) is 5.01. The lowest BCUT2D eigenvalue weighted by Crippen LogP contribution is -2.58. The second-order valence-electron chi connectivity index (χ2n) is 5.51. The quantitative estimate of drug-likeness (QED) is 0.733. The van der Waals surface area contributed by atoms with E-state index in [2.05, 4.69) is 43.1 Å². The number of hydrogen-bond donors (Lipinski definition) is 1. The van der Waals surface area contributed by atoms with Gasteiger partial charge in [0.15, 0.2) is 0 Å². The molecule has 0 aliphatic carbocycles. The molecular weight excluding hydrogens is 210 g/mol. The molecule has 0 aromatic heterocycles. The van der Waals surface area contributed by atoms with Crippen LogP contribution in [0.15, 0.2) is 0 Å². The van der Waals surface area contributed by atoms with Crippen LogP contribution in [0.2, 0.25) is 0 Å². The van der Waals surface area contributed by atoms with Crippen molar-refractivity contribution in [2.75, 3.05) is 40.3 Å². The fourth-order valence-corrected chi connectivity index (χ4v) is 2.66. The Bertz CT molecular complexity index is 188. The van der Waals surface area contributed by atoms with Crippen molar-refractivity contribution in [3.8, 4) is 0 Å². The van der Waals surface area contributed by atoms with Crippen LogP contribution in [0.3, 0.4) is 0 Å². The maximum Gasteiger partial charge on any atom is 0.0373 e. The first-order valence-corrected chi connectivity index (χ1v) is 7.31. The first kappa shape index (κ1) is 14.9. The third-order valence-corrected chi connectivity index (χ3v) is 3.89. The number of nitrogens with one attached hydrogen (secondary N) is 1. The first-order chi connectivity index (χ1) is 8.19. The lowest BCUT2D eigenvalue weighted by atomic mass is 9.98. The number of unbranched alkanes of at least 4 members (excludes halogenated alkanes) is 1. The highest BCUT2D eigenvalue weighted by molar-refractivity contribution is 4.88. The lowest BCUT2D eigenvalue weighted by molar-refractivity contribution is 0.0846. The van der Waals surface area contributed by atoms with Crippen molar-refractivity contribution in [3.63, 3.8) is 0 Å². The lowest BCUT2D eigenvalue weighted by Gasteiger charge is -2.42. The molecule has 102 valence electrons. The van der Waals surface area contributed by atoms with Gasteiger partial charge in [-0.15, -0.1) is 0 Å². The maximum absolute atomic E-state index is 3.76. The monoisotopic (exact) mass is 241 g/mol. The van der Waals surface area contributed by atoms with Crippen LogP contribution in [0.5, 0.6) is 0 Å². The minimum Gasteiger partial charge on any atom is -0.312 e. The molecule has 1 aliphatic heterocycles. The molecule has 3 heteroatoms. The summed E-state index contributed by atoms with van der Waals surface area (Å²) >= 11 is 0. The molecule has 1 fully saturated rings. The Kier molecular flexibility index (Phi) is 7.09. The molecule has 3 nitrogen and oxygen atoms in total. The molecular formula is C14H31N3. The fraction of sp³-hybridized carbons (Fsp3) is 1.00. The summed E-state index contributed by atoms with van der Waals surface area (Å²) in [7, 11) is 4.53. The van der Waals surface area contributed by atoms with E-state index in [1.807, 2.05) is 0 Å². The molecule has 1 N–H and O–H groups in total. The highest BCUT2D eigenvalue weighted by Crippen LogP contribution is 2.14. The highest BCUT2D eigenvalue weighted by atomic mass is 15.3. The minimum atomic E-state index is 0.669. The highest BCUT2D eigenvalue weighted by Gasteiger charge is 2.28. The molecule has 1 saturated heterocycles. The predicted molar refractivity (Wildman–Crippen MR) is 75.5 cm³/mol. The number of likely N-dealkylation sites (N-methyl/N-ethyl adjacent to an activating group) is 2. The molecule has 17 heavy (non-hydrogen) atoms. The molecule has 0 bridgehead atoms. The van der Waals surface area contributed by atoms with Gasteiger partial charge in [-0.3, -0.25) is 4.90 Å². The van der Waals surface area contributed by atoms with E-state index in [0.717, 1.165) is 6.54 Å². The number of nitrogens with zero attached hydrogens (tertiary/aromatic N) is 2. The summed E-state index contributed by atoms with van der Waals surface area (Å²) in [6.07, 6.45) is 5.19. The van der Waals surface area contributed by atoms with Crippen molar-refractivity contribution < 1.29 is 0 Å². The number of hydrogen-bond acceptors (Lipinski definition) is 3. The summed E-state index contributed by atoms with van der Waals surface area (Å²) in [6, 6.07) is 1.36. The van der Waals surface area contributed by atoms with Gasteiger partial charge in [0.2, 0.25) is 0 Å². The summed E-state index contributed by atoms with van der Waals surface area (Å²) in [6.45, 7) is 9.32. The van der Waals surface area contributed by atoms with E-state index in [9.17, 15) is 0 Å². The molecule has 1 aliphatic rings. The molecule has 0 radical (unpaired) electrons. The van der Waals surface area contributed by atoms with Gasteiger partial charge < -0.3 is 10.2 Å². The first-order valence-electron chi connectivity index (χ1n) is 7.31. The van der Waals surface area contributed by atoms with Gasteiger partial charge in [-0.2, -0.15) is 0 Å². The number of piperazine rings is 1. The van der Waals surface area contributed by atoms with E-state index in [-0.39, 0.29) is 0 Å². The second kappa shape index (κ2) is 8.06. The third kappa shape index (κ3) is 4.94. The zero-order valence-corrected chi connectivity index (χ0v) is 12.2. The summed E-state index contributed by atoms with van der Waals surface area (Å²) in [5.74, 6) is 0. The Morgan fingerprint density at radius 3 is 2.59 bits per heavy atom. The topological polar surface area (TPSA) is 18.5 Å². The van der Waals surface area contributed by atoms with Crippen molar-refractivity contribution in [3.05, 3.63) is 0 Å². The van der Waals surface area contributed by atoms with Crippen LogP contribution in [-0.4, -0.2) is 62.2 Å². The average Bonchev–Trinajstić information content (AvgIpc) is 2.33. The normalized spacial score (nSPS) is 25.1. The van der Waals surface area contributed by atoms with Crippen molar-refractivity contribution in [2.24, 2.45) is 0 Å². The van der Waals surface area contributed by atoms with Crippen molar-refractivity contribution >= 4 is 0 Å². The van der Waals surface area contributed by atoms with Crippen LogP contribution >= 0.6 is 0 Å². The van der Waals surface area contributed by atoms with Gasteiger partial charge >= 0.3 is 0 Å². The molecule has 0 spiro atoms. The summed E-state index contributed by atoms with van der Waals surface area (Å²) in [5, 5.41) is 3.76. The van der Waals surface area contributed by atoms with Gasteiger partial charge in [-0.25, -0.2) is 0 Å². The second-order valence-corrected chi connectivity index (χ2v) is 5.51. The minimum absolute atomic E-state index is 0.669. The molecule has 1 rings (SSSR count). The molecule has 1 heterocycles. The third-order valence-electron chi connectivity index (χ3n) is 3.89. The Hall–Kier alpha value is -0.120. The zero-order chi connectivity index (χ0) is 12.7. The van der Waals surface area contributed by atoms with E-state index in [4.69, 9.17) is 0 Å². The maximum atomic E-state index is 3.76. The molecule has 2 atom stereocenters. The summed E-state index contributed by atoms with van der Waals surface area (Å²) in [5.41, 5.74) is 0. The molecule has 2 unspecified atom stereocenters. The van der Waals surface area contributed by atoms with Gasteiger partial charge in [-0.05, 0) is 33.5 Å². The van der Waals surface area contributed by atoms with Gasteiger partial charge in [0.05, 0.1) is 0 Å². The van der Waals surface area contributed by atoms with Crippen LogP contribution in [0, 0.1) is 0 Å². The average molecular weight is 241 g/mol. The van der Waals surface area contributed by atoms with Crippen LogP contribution < -0.4 is 5.32 Å². The smallest absolute Gasteiger partial charge is 0.0373 e. The molecule has 0 saturated carbocycles. The SMILES string of the molecule is CCCCC(NCCC)C1CN(C)CCN1C. The Morgan fingerprint density at radius 1 is 1.18 bits per heavy atom. The molecule has 0 aromatic carbocycles. The fourth-order valence-electron chi connectivity index (χ4n) is 2.66. The van der Waals surface area contributed by atoms with Crippen molar-refractivity contribution in [1.29, 1.82) is 0 Å². The molecule has 0 amide bonds. The van der Waals surface area contributed by atoms with E-state index in [1.165, 1.54) is 45.3 Å². The predicted octanol–water partition coefficient (Wildman–Crippen LogP) is 1.79. The largest absolute Gasteiger partial charge is 0.312 e. The van der Waals surface area contributed by atoms with E-state index in [0.29, 0.717) is 12.1 Å². The van der Waals surface area contributed by atoms with Gasteiger partial charge in [0.1, 0.15) is 0 Å². The summed E-state index contributed by atoms with van der Waals surface area (Å²) < 4.78 is 0. The standard InChI is InChI=1S/C14H31N3/c1-5-7-8-13(15-9-6-2)14-12-16(3)10-11-17(14)4/h13-15H,5-12H2,1-4H3. The van der Waals surface area contributed by atoms with Crippen LogP contribution in [0.4, 0.5) is 0 Å². The van der Waals surface area contributed by atoms with Crippen LogP contribution in [0.1, 0.15) is 39.5 Å². The molecule has 0 aromatic rings. The Labute approximate surface area is 108 Å². The van der Waals surface area contributed by atoms with E-state index in [1.54, 1.807) is 0 Å². The van der Waals surface area contributed by atoms with E-state index >= 15 is 0 Å². The van der Waals surface area contributed by atoms with Crippen LogP contribution in [0.25, 0.3) is 0 Å². The number of rotatable bonds is 7. The van der Waals surface area contributed by atoms with Gasteiger partial charge in [0, 0.05) is 31.7 Å². The van der Waals surface area contributed by atoms with Gasteiger partial charge in [-0.1, -0.05) is 26.7 Å². The van der Waals surface area contributed by atoms with Crippen LogP contribution in [-0.2, 0) is 0 Å². The van der Waals surface area contributed by atoms with Crippen molar-refractivity contribution in [2.45, 2.75) is 51.6 Å². The zero-order valence-electron chi connectivity index (χ0n) is 12.2.